The molecule has 5 heteroatoms. The van der Waals surface area contributed by atoms with E-state index in [0.717, 1.165) is 30.4 Å². The van der Waals surface area contributed by atoms with E-state index in [1.54, 1.807) is 14.2 Å². The van der Waals surface area contributed by atoms with E-state index in [0.29, 0.717) is 12.6 Å². The van der Waals surface area contributed by atoms with Gasteiger partial charge in [-0.05, 0) is 49.7 Å². The average molecular weight is 369 g/mol. The van der Waals surface area contributed by atoms with Gasteiger partial charge in [0.15, 0.2) is 5.96 Å². The molecule has 5 nitrogen and oxygen atoms in total. The van der Waals surface area contributed by atoms with Crippen LogP contribution in [0.15, 0.2) is 53.5 Å². The molecule has 0 bridgehead atoms. The molecular formula is C22H32N4O. The lowest BCUT2D eigenvalue weighted by Crippen LogP contribution is -2.36. The summed E-state index contributed by atoms with van der Waals surface area (Å²) in [5.74, 6) is 1.64. The van der Waals surface area contributed by atoms with Crippen molar-refractivity contribution in [3.8, 4) is 5.75 Å². The van der Waals surface area contributed by atoms with Gasteiger partial charge in [-0.3, -0.25) is 9.89 Å². The minimum absolute atomic E-state index is 0.517. The average Bonchev–Trinajstić information content (AvgIpc) is 2.69. The van der Waals surface area contributed by atoms with E-state index >= 15 is 0 Å². The first kappa shape index (κ1) is 20.8. The smallest absolute Gasteiger partial charge is 0.191 e. The highest BCUT2D eigenvalue weighted by Crippen LogP contribution is 2.13. The Balaban J connectivity index is 1.94. The standard InChI is InChI=1S/C22H32N4O/c1-17(2)26(4)16-20-11-7-6-10-19(20)15-25-22(23-3)24-14-18-9-8-12-21(13-18)27-5/h6-13,17H,14-16H2,1-5H3,(H2,23,24,25). The second-order valence-corrected chi connectivity index (χ2v) is 6.91. The summed E-state index contributed by atoms with van der Waals surface area (Å²) in [5, 5.41) is 6.78. The Labute approximate surface area is 163 Å². The monoisotopic (exact) mass is 368 g/mol. The lowest BCUT2D eigenvalue weighted by Gasteiger charge is -2.23. The molecule has 0 amide bonds. The number of aliphatic imine (C=N–C) groups is 1. The number of nitrogens with zero attached hydrogens (tertiary/aromatic N) is 2. The molecule has 0 saturated heterocycles. The van der Waals surface area contributed by atoms with Crippen molar-refractivity contribution in [3.05, 3.63) is 65.2 Å². The fourth-order valence-corrected chi connectivity index (χ4v) is 2.70. The topological polar surface area (TPSA) is 48.9 Å². The summed E-state index contributed by atoms with van der Waals surface area (Å²) in [4.78, 5) is 6.67. The third kappa shape index (κ3) is 6.61. The van der Waals surface area contributed by atoms with E-state index in [2.05, 4.69) is 71.8 Å². The number of nitrogens with one attached hydrogen (secondary N) is 2. The third-order valence-corrected chi connectivity index (χ3v) is 4.68. The van der Waals surface area contributed by atoms with Crippen LogP contribution in [0.5, 0.6) is 5.75 Å². The first-order valence-electron chi connectivity index (χ1n) is 9.38. The van der Waals surface area contributed by atoms with Crippen LogP contribution < -0.4 is 15.4 Å². The molecule has 2 rings (SSSR count). The normalized spacial score (nSPS) is 11.7. The molecule has 0 atom stereocenters. The van der Waals surface area contributed by atoms with Crippen molar-refractivity contribution in [2.45, 2.75) is 39.5 Å². The summed E-state index contributed by atoms with van der Waals surface area (Å²) in [6.45, 7) is 6.79. The van der Waals surface area contributed by atoms with Crippen LogP contribution in [-0.2, 0) is 19.6 Å². The first-order valence-corrected chi connectivity index (χ1v) is 9.38. The van der Waals surface area contributed by atoms with Gasteiger partial charge in [-0.1, -0.05) is 36.4 Å². The van der Waals surface area contributed by atoms with Crippen LogP contribution in [0.2, 0.25) is 0 Å². The second-order valence-electron chi connectivity index (χ2n) is 6.91. The fraction of sp³-hybridized carbons (Fsp3) is 0.409. The Morgan fingerprint density at radius 2 is 1.74 bits per heavy atom. The van der Waals surface area contributed by atoms with E-state index in [-0.39, 0.29) is 0 Å². The molecule has 146 valence electrons. The fourth-order valence-electron chi connectivity index (χ4n) is 2.70. The summed E-state index contributed by atoms with van der Waals surface area (Å²) in [6, 6.07) is 17.1. The van der Waals surface area contributed by atoms with Crippen molar-refractivity contribution in [2.24, 2.45) is 4.99 Å². The number of benzene rings is 2. The van der Waals surface area contributed by atoms with Gasteiger partial charge >= 0.3 is 0 Å². The maximum absolute atomic E-state index is 5.28. The zero-order chi connectivity index (χ0) is 19.6. The molecule has 2 N–H and O–H groups in total. The molecule has 0 aromatic heterocycles. The van der Waals surface area contributed by atoms with Crippen molar-refractivity contribution in [1.82, 2.24) is 15.5 Å². The van der Waals surface area contributed by atoms with Gasteiger partial charge < -0.3 is 15.4 Å². The van der Waals surface area contributed by atoms with Gasteiger partial charge in [0.1, 0.15) is 5.75 Å². The van der Waals surface area contributed by atoms with Gasteiger partial charge in [0, 0.05) is 32.7 Å². The molecular weight excluding hydrogens is 336 g/mol. The SMILES string of the molecule is CN=C(NCc1cccc(OC)c1)NCc1ccccc1CN(C)C(C)C. The van der Waals surface area contributed by atoms with Crippen LogP contribution in [0.25, 0.3) is 0 Å². The summed E-state index contributed by atoms with van der Waals surface area (Å²) in [6.07, 6.45) is 0. The molecule has 0 unspecified atom stereocenters. The Morgan fingerprint density at radius 1 is 1.04 bits per heavy atom. The summed E-state index contributed by atoms with van der Waals surface area (Å²) >= 11 is 0. The van der Waals surface area contributed by atoms with Crippen LogP contribution in [0.4, 0.5) is 0 Å². The van der Waals surface area contributed by atoms with Crippen LogP contribution in [0, 0.1) is 0 Å². The van der Waals surface area contributed by atoms with Crippen molar-refractivity contribution in [3.63, 3.8) is 0 Å². The van der Waals surface area contributed by atoms with Gasteiger partial charge in [-0.15, -0.1) is 0 Å². The predicted molar refractivity (Wildman–Crippen MR) is 113 cm³/mol. The van der Waals surface area contributed by atoms with Crippen LogP contribution in [0.3, 0.4) is 0 Å². The lowest BCUT2D eigenvalue weighted by molar-refractivity contribution is 0.265. The highest BCUT2D eigenvalue weighted by molar-refractivity contribution is 5.79. The maximum Gasteiger partial charge on any atom is 0.191 e. The van der Waals surface area contributed by atoms with Crippen LogP contribution >= 0.6 is 0 Å². The summed E-state index contributed by atoms with van der Waals surface area (Å²) < 4.78 is 5.28. The van der Waals surface area contributed by atoms with Crippen LogP contribution in [0.1, 0.15) is 30.5 Å². The minimum Gasteiger partial charge on any atom is -0.497 e. The highest BCUT2D eigenvalue weighted by atomic mass is 16.5. The highest BCUT2D eigenvalue weighted by Gasteiger charge is 2.08. The Hall–Kier alpha value is -2.53. The number of hydrogen-bond donors (Lipinski definition) is 2. The Kier molecular flexibility index (Phi) is 8.14. The molecule has 0 aliphatic carbocycles. The van der Waals surface area contributed by atoms with Gasteiger partial charge in [-0.2, -0.15) is 0 Å². The first-order chi connectivity index (χ1) is 13.0. The second kappa shape index (κ2) is 10.6. The molecule has 0 aliphatic heterocycles. The van der Waals surface area contributed by atoms with E-state index < -0.39 is 0 Å². The Morgan fingerprint density at radius 3 is 2.41 bits per heavy atom. The minimum atomic E-state index is 0.517. The van der Waals surface area contributed by atoms with Crippen LogP contribution in [-0.4, -0.2) is 38.1 Å². The molecule has 0 heterocycles. The molecule has 2 aromatic rings. The zero-order valence-corrected chi connectivity index (χ0v) is 17.1. The zero-order valence-electron chi connectivity index (χ0n) is 17.1. The largest absolute Gasteiger partial charge is 0.497 e. The van der Waals surface area contributed by atoms with E-state index in [4.69, 9.17) is 4.74 Å². The lowest BCUT2D eigenvalue weighted by atomic mass is 10.1. The van der Waals surface area contributed by atoms with Gasteiger partial charge in [0.25, 0.3) is 0 Å². The van der Waals surface area contributed by atoms with Crippen molar-refractivity contribution in [2.75, 3.05) is 21.2 Å². The predicted octanol–water partition coefficient (Wildman–Crippen LogP) is 3.40. The van der Waals surface area contributed by atoms with E-state index in [1.807, 2.05) is 18.2 Å². The number of guanidine groups is 1. The molecule has 0 fully saturated rings. The molecule has 2 aromatic carbocycles. The summed E-state index contributed by atoms with van der Waals surface area (Å²) in [5.41, 5.74) is 3.77. The van der Waals surface area contributed by atoms with Crippen molar-refractivity contribution >= 4 is 5.96 Å². The molecule has 0 radical (unpaired) electrons. The molecule has 0 aliphatic rings. The Bertz CT molecular complexity index is 743. The number of methoxy groups -OCH3 is 1. The van der Waals surface area contributed by atoms with Gasteiger partial charge in [0.05, 0.1) is 7.11 Å². The molecule has 27 heavy (non-hydrogen) atoms. The van der Waals surface area contributed by atoms with Gasteiger partial charge in [0.2, 0.25) is 0 Å². The van der Waals surface area contributed by atoms with Gasteiger partial charge in [-0.25, -0.2) is 0 Å². The number of rotatable bonds is 8. The summed E-state index contributed by atoms with van der Waals surface area (Å²) in [7, 11) is 5.63. The third-order valence-electron chi connectivity index (χ3n) is 4.68. The maximum atomic E-state index is 5.28. The van der Waals surface area contributed by atoms with E-state index in [9.17, 15) is 0 Å². The molecule has 0 spiro atoms. The van der Waals surface area contributed by atoms with E-state index in [1.165, 1.54) is 11.1 Å². The molecule has 0 saturated carbocycles. The van der Waals surface area contributed by atoms with Crippen molar-refractivity contribution < 1.29 is 4.74 Å². The van der Waals surface area contributed by atoms with Crippen molar-refractivity contribution in [1.29, 1.82) is 0 Å². The number of ether oxygens (including phenoxy) is 1. The number of hydrogen-bond acceptors (Lipinski definition) is 3. The quantitative estimate of drug-likeness (QED) is 0.554.